The predicted octanol–water partition coefficient (Wildman–Crippen LogP) is 2.23. The van der Waals surface area contributed by atoms with Crippen molar-refractivity contribution < 1.29 is 0 Å². The number of nitrogens with one attached hydrogen (secondary N) is 1. The molecule has 104 valence electrons. The highest BCUT2D eigenvalue weighted by Gasteiger charge is 2.52. The fraction of sp³-hybridized carbons (Fsp3) is 0.867. The molecule has 4 aliphatic carbocycles. The van der Waals surface area contributed by atoms with Crippen LogP contribution in [0.2, 0.25) is 0 Å². The van der Waals surface area contributed by atoms with Gasteiger partial charge in [0.15, 0.2) is 0 Å². The van der Waals surface area contributed by atoms with Crippen LogP contribution in [-0.4, -0.2) is 21.8 Å². The van der Waals surface area contributed by atoms with Gasteiger partial charge in [-0.25, -0.2) is 0 Å². The van der Waals surface area contributed by atoms with Crippen LogP contribution >= 0.6 is 0 Å². The van der Waals surface area contributed by atoms with Gasteiger partial charge in [0.2, 0.25) is 0 Å². The Bertz CT molecular complexity index is 455. The van der Waals surface area contributed by atoms with Crippen molar-refractivity contribution in [2.45, 2.75) is 57.5 Å². The Morgan fingerprint density at radius 3 is 2.21 bits per heavy atom. The first-order valence-electron chi connectivity index (χ1n) is 7.76. The smallest absolute Gasteiger partial charge is 0.147 e. The van der Waals surface area contributed by atoms with Gasteiger partial charge in [-0.3, -0.25) is 0 Å². The minimum Gasteiger partial charge on any atom is -0.313 e. The van der Waals surface area contributed by atoms with Crippen LogP contribution in [0.3, 0.4) is 0 Å². The number of aryl methyl sites for hydroxylation is 1. The molecule has 0 spiro atoms. The molecule has 4 aliphatic rings. The van der Waals surface area contributed by atoms with Crippen LogP contribution in [0.4, 0.5) is 0 Å². The van der Waals surface area contributed by atoms with Gasteiger partial charge < -0.3 is 9.88 Å². The zero-order valence-electron chi connectivity index (χ0n) is 12.0. The summed E-state index contributed by atoms with van der Waals surface area (Å²) in [6.45, 7) is 2.97. The van der Waals surface area contributed by atoms with Gasteiger partial charge >= 0.3 is 0 Å². The second kappa shape index (κ2) is 4.05. The highest BCUT2D eigenvalue weighted by Crippen LogP contribution is 2.59. The van der Waals surface area contributed by atoms with Crippen molar-refractivity contribution in [2.75, 3.05) is 7.05 Å². The molecule has 4 bridgehead atoms. The Morgan fingerprint density at radius 2 is 1.68 bits per heavy atom. The van der Waals surface area contributed by atoms with E-state index in [-0.39, 0.29) is 0 Å². The zero-order valence-corrected chi connectivity index (χ0v) is 12.0. The Balaban J connectivity index is 1.77. The van der Waals surface area contributed by atoms with Crippen molar-refractivity contribution in [2.24, 2.45) is 17.8 Å². The van der Waals surface area contributed by atoms with Gasteiger partial charge in [0, 0.05) is 5.54 Å². The maximum atomic E-state index is 4.41. The number of rotatable bonds is 3. The lowest BCUT2D eigenvalue weighted by Crippen LogP contribution is -2.52. The lowest BCUT2D eigenvalue weighted by atomic mass is 9.53. The first-order chi connectivity index (χ1) is 9.20. The molecule has 1 heterocycles. The van der Waals surface area contributed by atoms with Crippen molar-refractivity contribution in [1.29, 1.82) is 0 Å². The van der Waals surface area contributed by atoms with Gasteiger partial charge in [-0.1, -0.05) is 0 Å². The van der Waals surface area contributed by atoms with Gasteiger partial charge in [0.1, 0.15) is 11.6 Å². The molecule has 0 aliphatic heterocycles. The molecule has 1 N–H and O–H groups in total. The van der Waals surface area contributed by atoms with E-state index in [4.69, 9.17) is 0 Å². The molecule has 0 unspecified atom stereocenters. The lowest BCUT2D eigenvalue weighted by molar-refractivity contribution is -0.0455. The topological polar surface area (TPSA) is 42.7 Å². The Hall–Kier alpha value is -0.900. The van der Waals surface area contributed by atoms with E-state index in [2.05, 4.69) is 27.0 Å². The largest absolute Gasteiger partial charge is 0.313 e. The van der Waals surface area contributed by atoms with E-state index in [0.29, 0.717) is 5.54 Å². The van der Waals surface area contributed by atoms with Crippen molar-refractivity contribution >= 4 is 0 Å². The summed E-state index contributed by atoms with van der Waals surface area (Å²) in [5, 5.41) is 12.0. The van der Waals surface area contributed by atoms with Crippen molar-refractivity contribution in [3.05, 3.63) is 11.6 Å². The average molecular weight is 260 g/mol. The normalized spacial score (nSPS) is 40.0. The molecule has 5 rings (SSSR count). The molecule has 0 amide bonds. The average Bonchev–Trinajstić information content (AvgIpc) is 2.70. The van der Waals surface area contributed by atoms with E-state index >= 15 is 0 Å². The summed E-state index contributed by atoms with van der Waals surface area (Å²) in [7, 11) is 1.99. The molecular formula is C15H24N4. The van der Waals surface area contributed by atoms with Crippen molar-refractivity contribution in [3.63, 3.8) is 0 Å². The monoisotopic (exact) mass is 260 g/mol. The SMILES string of the molecule is CNCc1nnc(C)n1C12CC3CC(CC(C3)C1)C2. The van der Waals surface area contributed by atoms with Crippen LogP contribution < -0.4 is 5.32 Å². The van der Waals surface area contributed by atoms with Gasteiger partial charge in [0.05, 0.1) is 6.54 Å². The first kappa shape index (κ1) is 11.9. The Labute approximate surface area is 115 Å². The summed E-state index contributed by atoms with van der Waals surface area (Å²) >= 11 is 0. The second-order valence-electron chi connectivity index (χ2n) is 7.17. The van der Waals surface area contributed by atoms with Crippen LogP contribution in [0, 0.1) is 24.7 Å². The van der Waals surface area contributed by atoms with Crippen LogP contribution in [-0.2, 0) is 12.1 Å². The van der Waals surface area contributed by atoms with Crippen LogP contribution in [0.5, 0.6) is 0 Å². The molecule has 0 aromatic carbocycles. The van der Waals surface area contributed by atoms with Crippen LogP contribution in [0.25, 0.3) is 0 Å². The highest BCUT2D eigenvalue weighted by atomic mass is 15.3. The molecule has 4 fully saturated rings. The van der Waals surface area contributed by atoms with E-state index < -0.39 is 0 Å². The van der Waals surface area contributed by atoms with Gasteiger partial charge in [-0.2, -0.15) is 0 Å². The minimum absolute atomic E-state index is 0.356. The maximum Gasteiger partial charge on any atom is 0.147 e. The third-order valence-electron chi connectivity index (χ3n) is 5.71. The molecular weight excluding hydrogens is 236 g/mol. The zero-order chi connectivity index (χ0) is 13.0. The predicted molar refractivity (Wildman–Crippen MR) is 73.7 cm³/mol. The summed E-state index contributed by atoms with van der Waals surface area (Å²) in [5.74, 6) is 5.16. The summed E-state index contributed by atoms with van der Waals surface area (Å²) in [6.07, 6.45) is 8.57. The Kier molecular flexibility index (Phi) is 2.53. The van der Waals surface area contributed by atoms with E-state index in [0.717, 1.165) is 35.9 Å². The molecule has 0 radical (unpaired) electrons. The third-order valence-corrected chi connectivity index (χ3v) is 5.71. The number of hydrogen-bond donors (Lipinski definition) is 1. The third kappa shape index (κ3) is 1.69. The fourth-order valence-electron chi connectivity index (χ4n) is 5.63. The lowest BCUT2D eigenvalue weighted by Gasteiger charge is -2.57. The van der Waals surface area contributed by atoms with Crippen LogP contribution in [0.15, 0.2) is 0 Å². The van der Waals surface area contributed by atoms with Crippen LogP contribution in [0.1, 0.15) is 50.2 Å². The molecule has 0 saturated heterocycles. The van der Waals surface area contributed by atoms with E-state index in [1.165, 1.54) is 38.5 Å². The maximum absolute atomic E-state index is 4.41. The van der Waals surface area contributed by atoms with E-state index in [9.17, 15) is 0 Å². The fourth-order valence-corrected chi connectivity index (χ4v) is 5.63. The Morgan fingerprint density at radius 1 is 1.11 bits per heavy atom. The molecule has 19 heavy (non-hydrogen) atoms. The van der Waals surface area contributed by atoms with E-state index in [1.54, 1.807) is 0 Å². The van der Waals surface area contributed by atoms with Crippen molar-refractivity contribution in [3.8, 4) is 0 Å². The molecule has 4 nitrogen and oxygen atoms in total. The molecule has 0 atom stereocenters. The molecule has 4 saturated carbocycles. The second-order valence-corrected chi connectivity index (χ2v) is 7.17. The molecule has 4 heteroatoms. The van der Waals surface area contributed by atoms with Gasteiger partial charge in [-0.05, 0) is 70.3 Å². The van der Waals surface area contributed by atoms with Gasteiger partial charge in [0.25, 0.3) is 0 Å². The van der Waals surface area contributed by atoms with E-state index in [1.807, 2.05) is 7.05 Å². The van der Waals surface area contributed by atoms with Crippen molar-refractivity contribution in [1.82, 2.24) is 20.1 Å². The summed E-state index contributed by atoms with van der Waals surface area (Å²) < 4.78 is 2.51. The minimum atomic E-state index is 0.356. The number of aromatic nitrogens is 3. The quantitative estimate of drug-likeness (QED) is 0.906. The molecule has 1 aromatic heterocycles. The number of hydrogen-bond acceptors (Lipinski definition) is 3. The standard InChI is InChI=1S/C15H24N4/c1-10-17-18-14(9-16-2)19(10)15-6-11-3-12(7-15)5-13(4-11)8-15/h11-13,16H,3-9H2,1-2H3. The summed E-state index contributed by atoms with van der Waals surface area (Å²) in [5.41, 5.74) is 0.356. The summed E-state index contributed by atoms with van der Waals surface area (Å²) in [6, 6.07) is 0. The number of nitrogens with zero attached hydrogens (tertiary/aromatic N) is 3. The first-order valence-corrected chi connectivity index (χ1v) is 7.76. The summed E-state index contributed by atoms with van der Waals surface area (Å²) in [4.78, 5) is 0. The highest BCUT2D eigenvalue weighted by molar-refractivity contribution is 5.11. The molecule has 1 aromatic rings. The van der Waals surface area contributed by atoms with Gasteiger partial charge in [-0.15, -0.1) is 10.2 Å².